The van der Waals surface area contributed by atoms with Gasteiger partial charge in [0.25, 0.3) is 15.9 Å². The van der Waals surface area contributed by atoms with Crippen molar-refractivity contribution < 1.29 is 36.2 Å². The van der Waals surface area contributed by atoms with Crippen molar-refractivity contribution in [2.24, 2.45) is 13.0 Å². The standard InChI is InChI=1S/C27H35N5O8S2/c1-18-13-32(19(2)16-33)27(34)22-7-6-8-23(29-41(35,36)25-15-30(3)17-28-25)26(22)40-24(18)14-31(4)42(37,38)21-11-9-20(39-5)10-12-21/h6-12,15,17-19,24,29,33H,13-14,16H2,1-5H3/t18-,19+,24+/m1/s1. The summed E-state index contributed by atoms with van der Waals surface area (Å²) in [6, 6.07) is 9.87. The van der Waals surface area contributed by atoms with Gasteiger partial charge >= 0.3 is 0 Å². The smallest absolute Gasteiger partial charge is 0.281 e. The predicted molar refractivity (Wildman–Crippen MR) is 154 cm³/mol. The molecule has 3 aromatic rings. The maximum Gasteiger partial charge on any atom is 0.281 e. The van der Waals surface area contributed by atoms with Gasteiger partial charge in [0.05, 0.1) is 48.8 Å². The van der Waals surface area contributed by atoms with Crippen LogP contribution in [0.3, 0.4) is 0 Å². The lowest BCUT2D eigenvalue weighted by molar-refractivity contribution is 0.0389. The predicted octanol–water partition coefficient (Wildman–Crippen LogP) is 1.77. The fraction of sp³-hybridized carbons (Fsp3) is 0.407. The molecular formula is C27H35N5O8S2. The van der Waals surface area contributed by atoms with E-state index in [1.807, 2.05) is 0 Å². The highest BCUT2D eigenvalue weighted by Gasteiger charge is 2.36. The van der Waals surface area contributed by atoms with E-state index in [2.05, 4.69) is 9.71 Å². The van der Waals surface area contributed by atoms with Crippen LogP contribution in [0.25, 0.3) is 0 Å². The number of hydrogen-bond donors (Lipinski definition) is 2. The van der Waals surface area contributed by atoms with Gasteiger partial charge < -0.3 is 24.0 Å². The number of benzene rings is 2. The van der Waals surface area contributed by atoms with Gasteiger partial charge in [0.15, 0.2) is 10.8 Å². The molecule has 0 bridgehead atoms. The molecule has 1 aliphatic heterocycles. The molecular weight excluding hydrogens is 586 g/mol. The fourth-order valence-corrected chi connectivity index (χ4v) is 6.77. The number of para-hydroxylation sites is 1. The molecule has 1 aromatic heterocycles. The highest BCUT2D eigenvalue weighted by atomic mass is 32.2. The number of nitrogens with zero attached hydrogens (tertiary/aromatic N) is 4. The number of aromatic nitrogens is 2. The van der Waals surface area contributed by atoms with Crippen LogP contribution in [0.2, 0.25) is 0 Å². The Bertz CT molecular complexity index is 1640. The summed E-state index contributed by atoms with van der Waals surface area (Å²) in [7, 11) is -3.57. The van der Waals surface area contributed by atoms with Gasteiger partial charge in [-0.3, -0.25) is 9.52 Å². The molecule has 15 heteroatoms. The average molecular weight is 622 g/mol. The Morgan fingerprint density at radius 3 is 2.48 bits per heavy atom. The summed E-state index contributed by atoms with van der Waals surface area (Å²) in [5.41, 5.74) is 0.0527. The zero-order valence-electron chi connectivity index (χ0n) is 24.0. The highest BCUT2D eigenvalue weighted by molar-refractivity contribution is 7.92. The van der Waals surface area contributed by atoms with E-state index in [9.17, 15) is 26.7 Å². The van der Waals surface area contributed by atoms with Gasteiger partial charge in [-0.25, -0.2) is 13.4 Å². The third-order valence-corrected chi connectivity index (χ3v) is 10.2. The molecule has 0 aliphatic carbocycles. The number of carbonyl (C=O) groups is 1. The van der Waals surface area contributed by atoms with Gasteiger partial charge in [-0.1, -0.05) is 13.0 Å². The van der Waals surface area contributed by atoms with Crippen LogP contribution < -0.4 is 14.2 Å². The Labute approximate surface area is 245 Å². The first-order chi connectivity index (χ1) is 19.8. The van der Waals surface area contributed by atoms with Crippen molar-refractivity contribution in [3.63, 3.8) is 0 Å². The van der Waals surface area contributed by atoms with E-state index < -0.39 is 44.0 Å². The van der Waals surface area contributed by atoms with Gasteiger partial charge in [-0.05, 0) is 43.3 Å². The van der Waals surface area contributed by atoms with E-state index in [1.165, 1.54) is 66.5 Å². The number of methoxy groups -OCH3 is 1. The van der Waals surface area contributed by atoms with Gasteiger partial charge in [-0.2, -0.15) is 12.7 Å². The molecule has 0 saturated heterocycles. The van der Waals surface area contributed by atoms with Crippen molar-refractivity contribution in [3.8, 4) is 11.5 Å². The van der Waals surface area contributed by atoms with E-state index in [0.717, 1.165) is 4.31 Å². The number of aryl methyl sites for hydroxylation is 1. The topological polar surface area (TPSA) is 160 Å². The van der Waals surface area contributed by atoms with E-state index in [0.29, 0.717) is 5.75 Å². The van der Waals surface area contributed by atoms with Crippen LogP contribution in [0.1, 0.15) is 24.2 Å². The number of sulfonamides is 2. The first-order valence-corrected chi connectivity index (χ1v) is 16.0. The Kier molecular flexibility index (Phi) is 9.15. The second-order valence-electron chi connectivity index (χ2n) is 10.2. The van der Waals surface area contributed by atoms with Crippen molar-refractivity contribution in [3.05, 3.63) is 60.6 Å². The monoisotopic (exact) mass is 621 g/mol. The number of amides is 1. The summed E-state index contributed by atoms with van der Waals surface area (Å²) in [6.07, 6.45) is 1.86. The third kappa shape index (κ3) is 6.38. The summed E-state index contributed by atoms with van der Waals surface area (Å²) in [4.78, 5) is 19.1. The molecule has 2 heterocycles. The highest BCUT2D eigenvalue weighted by Crippen LogP contribution is 2.36. The normalized spacial score (nSPS) is 18.5. The lowest BCUT2D eigenvalue weighted by atomic mass is 9.99. The first-order valence-electron chi connectivity index (χ1n) is 13.1. The molecule has 0 spiro atoms. The third-order valence-electron chi connectivity index (χ3n) is 7.10. The van der Waals surface area contributed by atoms with Gasteiger partial charge in [0.2, 0.25) is 10.0 Å². The van der Waals surface area contributed by atoms with Gasteiger partial charge in [0.1, 0.15) is 11.9 Å². The molecule has 0 radical (unpaired) electrons. The van der Waals surface area contributed by atoms with E-state index >= 15 is 0 Å². The number of likely N-dealkylation sites (N-methyl/N-ethyl adjacent to an activating group) is 1. The summed E-state index contributed by atoms with van der Waals surface area (Å²) < 4.78 is 69.7. The molecule has 2 N–H and O–H groups in total. The molecule has 3 atom stereocenters. The van der Waals surface area contributed by atoms with Crippen LogP contribution in [0, 0.1) is 5.92 Å². The Morgan fingerprint density at radius 1 is 1.19 bits per heavy atom. The van der Waals surface area contributed by atoms with Crippen LogP contribution in [-0.4, -0.2) is 92.6 Å². The van der Waals surface area contributed by atoms with Crippen molar-refractivity contribution in [1.29, 1.82) is 0 Å². The minimum atomic E-state index is -4.16. The van der Waals surface area contributed by atoms with Crippen molar-refractivity contribution in [2.75, 3.05) is 38.6 Å². The lowest BCUT2D eigenvalue weighted by Crippen LogP contribution is -2.50. The second-order valence-corrected chi connectivity index (χ2v) is 13.9. The van der Waals surface area contributed by atoms with Crippen molar-refractivity contribution >= 4 is 31.6 Å². The molecule has 228 valence electrons. The molecule has 1 amide bonds. The molecule has 2 aromatic carbocycles. The Hall–Kier alpha value is -3.66. The maximum atomic E-state index is 13.7. The first kappa shape index (κ1) is 31.3. The lowest BCUT2D eigenvalue weighted by Gasteiger charge is -2.38. The van der Waals surface area contributed by atoms with Gasteiger partial charge in [0, 0.05) is 32.8 Å². The number of fused-ring (bicyclic) bond motifs is 1. The minimum absolute atomic E-state index is 0.0112. The number of aliphatic hydroxyl groups excluding tert-OH is 1. The van der Waals surface area contributed by atoms with Crippen LogP contribution in [0.4, 0.5) is 5.69 Å². The number of imidazole rings is 1. The van der Waals surface area contributed by atoms with Crippen LogP contribution in [0.5, 0.6) is 11.5 Å². The SMILES string of the molecule is COc1ccc(S(=O)(=O)N(C)C[C@@H]2Oc3c(NS(=O)(=O)c4cn(C)cn4)cccc3C(=O)N([C@@H](C)CO)C[C@H]2C)cc1. The second kappa shape index (κ2) is 12.3. The number of ether oxygens (including phenoxy) is 2. The zero-order chi connectivity index (χ0) is 30.8. The Balaban J connectivity index is 1.74. The largest absolute Gasteiger partial charge is 0.497 e. The average Bonchev–Trinajstić information content (AvgIpc) is 3.41. The van der Waals surface area contributed by atoms with Crippen molar-refractivity contribution in [1.82, 2.24) is 18.8 Å². The summed E-state index contributed by atoms with van der Waals surface area (Å²) in [6.45, 7) is 3.22. The molecule has 0 saturated carbocycles. The molecule has 0 unspecified atom stereocenters. The number of carbonyl (C=O) groups excluding carboxylic acids is 1. The molecule has 0 fully saturated rings. The van der Waals surface area contributed by atoms with Crippen LogP contribution >= 0.6 is 0 Å². The number of hydrogen-bond acceptors (Lipinski definition) is 9. The van der Waals surface area contributed by atoms with E-state index in [-0.39, 0.29) is 46.6 Å². The van der Waals surface area contributed by atoms with E-state index in [4.69, 9.17) is 9.47 Å². The number of aliphatic hydroxyl groups is 1. The minimum Gasteiger partial charge on any atom is -0.497 e. The molecule has 1 aliphatic rings. The summed E-state index contributed by atoms with van der Waals surface area (Å²) in [5, 5.41) is 9.66. The summed E-state index contributed by atoms with van der Waals surface area (Å²) >= 11 is 0. The molecule has 13 nitrogen and oxygen atoms in total. The quantitative estimate of drug-likeness (QED) is 0.344. The maximum absolute atomic E-state index is 13.7. The number of rotatable bonds is 10. The molecule has 4 rings (SSSR count). The van der Waals surface area contributed by atoms with E-state index in [1.54, 1.807) is 33.0 Å². The Morgan fingerprint density at radius 2 is 1.88 bits per heavy atom. The number of nitrogens with one attached hydrogen (secondary N) is 1. The van der Waals surface area contributed by atoms with Crippen LogP contribution in [0.15, 0.2) is 64.9 Å². The van der Waals surface area contributed by atoms with Crippen molar-refractivity contribution in [2.45, 2.75) is 35.9 Å². The summed E-state index contributed by atoms with van der Waals surface area (Å²) in [5.74, 6) is -0.433. The fourth-order valence-electron chi connectivity index (χ4n) is 4.55. The number of anilines is 1. The van der Waals surface area contributed by atoms with Gasteiger partial charge in [-0.15, -0.1) is 0 Å². The molecule has 42 heavy (non-hydrogen) atoms. The zero-order valence-corrected chi connectivity index (χ0v) is 25.6. The van der Waals surface area contributed by atoms with Crippen LogP contribution in [-0.2, 0) is 27.1 Å².